The maximum Gasteiger partial charge on any atom is 0.224 e. The SMILES string of the molecule is Cc1ccc(Cl)c(Oc2cc(N(C)C3CCCCC3)ncn2)c1. The van der Waals surface area contributed by atoms with E-state index in [1.165, 1.54) is 32.1 Å². The van der Waals surface area contributed by atoms with E-state index in [1.807, 2.05) is 31.2 Å². The molecule has 1 saturated carbocycles. The van der Waals surface area contributed by atoms with Crippen molar-refractivity contribution in [3.05, 3.63) is 41.2 Å². The first-order chi connectivity index (χ1) is 11.1. The second-order valence-electron chi connectivity index (χ2n) is 6.15. The Labute approximate surface area is 142 Å². The highest BCUT2D eigenvalue weighted by Gasteiger charge is 2.19. The molecule has 0 spiro atoms. The monoisotopic (exact) mass is 331 g/mol. The van der Waals surface area contributed by atoms with Gasteiger partial charge in [0.2, 0.25) is 5.88 Å². The van der Waals surface area contributed by atoms with Gasteiger partial charge in [-0.3, -0.25) is 0 Å². The van der Waals surface area contributed by atoms with Crippen LogP contribution in [0.5, 0.6) is 11.6 Å². The van der Waals surface area contributed by atoms with Gasteiger partial charge in [-0.05, 0) is 37.5 Å². The molecule has 0 unspecified atom stereocenters. The van der Waals surface area contributed by atoms with Crippen molar-refractivity contribution in [1.82, 2.24) is 9.97 Å². The molecule has 122 valence electrons. The molecule has 1 aromatic heterocycles. The molecule has 1 aromatic carbocycles. The number of nitrogens with zero attached hydrogens (tertiary/aromatic N) is 3. The maximum absolute atomic E-state index is 6.19. The van der Waals surface area contributed by atoms with Crippen LogP contribution in [0.4, 0.5) is 5.82 Å². The van der Waals surface area contributed by atoms with Gasteiger partial charge in [-0.25, -0.2) is 9.97 Å². The zero-order chi connectivity index (χ0) is 16.2. The number of aryl methyl sites for hydroxylation is 1. The minimum atomic E-state index is 0.519. The Morgan fingerprint density at radius 3 is 2.70 bits per heavy atom. The molecule has 1 fully saturated rings. The standard InChI is InChI=1S/C18H22ClN3O/c1-13-8-9-15(19)16(10-13)23-18-11-17(20-12-21-18)22(2)14-6-4-3-5-7-14/h8-12,14H,3-7H2,1-2H3. The Morgan fingerprint density at radius 1 is 1.13 bits per heavy atom. The molecular formula is C18H22ClN3O. The number of halogens is 1. The number of anilines is 1. The Bertz CT molecular complexity index is 671. The lowest BCUT2D eigenvalue weighted by Gasteiger charge is -2.32. The summed E-state index contributed by atoms with van der Waals surface area (Å²) in [5.41, 5.74) is 1.10. The van der Waals surface area contributed by atoms with Crippen LogP contribution >= 0.6 is 11.6 Å². The minimum absolute atomic E-state index is 0.519. The van der Waals surface area contributed by atoms with Crippen LogP contribution in [0.25, 0.3) is 0 Å². The van der Waals surface area contributed by atoms with Crippen LogP contribution in [0.2, 0.25) is 5.02 Å². The predicted octanol–water partition coefficient (Wildman–Crippen LogP) is 5.00. The molecule has 1 aliphatic carbocycles. The van der Waals surface area contributed by atoms with E-state index in [0.717, 1.165) is 11.4 Å². The van der Waals surface area contributed by atoms with Crippen LogP contribution in [0, 0.1) is 6.92 Å². The molecule has 0 bridgehead atoms. The Hall–Kier alpha value is -1.81. The first kappa shape index (κ1) is 16.1. The molecule has 0 N–H and O–H groups in total. The highest BCUT2D eigenvalue weighted by Crippen LogP contribution is 2.31. The highest BCUT2D eigenvalue weighted by atomic mass is 35.5. The van der Waals surface area contributed by atoms with E-state index in [1.54, 1.807) is 6.33 Å². The lowest BCUT2D eigenvalue weighted by Crippen LogP contribution is -2.33. The van der Waals surface area contributed by atoms with Crippen LogP contribution in [-0.4, -0.2) is 23.1 Å². The Morgan fingerprint density at radius 2 is 1.91 bits per heavy atom. The van der Waals surface area contributed by atoms with Crippen LogP contribution < -0.4 is 9.64 Å². The summed E-state index contributed by atoms with van der Waals surface area (Å²) in [5.74, 6) is 2.03. The van der Waals surface area contributed by atoms with E-state index >= 15 is 0 Å². The summed E-state index contributed by atoms with van der Waals surface area (Å²) in [4.78, 5) is 10.9. The Kier molecular flexibility index (Phi) is 5.01. The second-order valence-corrected chi connectivity index (χ2v) is 6.56. The van der Waals surface area contributed by atoms with Gasteiger partial charge in [0, 0.05) is 19.2 Å². The van der Waals surface area contributed by atoms with Crippen molar-refractivity contribution < 1.29 is 4.74 Å². The van der Waals surface area contributed by atoms with Crippen molar-refractivity contribution in [2.24, 2.45) is 0 Å². The van der Waals surface area contributed by atoms with Crippen LogP contribution in [0.1, 0.15) is 37.7 Å². The third-order valence-electron chi connectivity index (χ3n) is 4.41. The molecule has 2 aromatic rings. The normalized spacial score (nSPS) is 15.4. The summed E-state index contributed by atoms with van der Waals surface area (Å²) >= 11 is 6.19. The first-order valence-corrected chi connectivity index (χ1v) is 8.50. The highest BCUT2D eigenvalue weighted by molar-refractivity contribution is 6.32. The zero-order valence-electron chi connectivity index (χ0n) is 13.6. The largest absolute Gasteiger partial charge is 0.437 e. The number of hydrogen-bond acceptors (Lipinski definition) is 4. The predicted molar refractivity (Wildman–Crippen MR) is 93.6 cm³/mol. The quantitative estimate of drug-likeness (QED) is 0.790. The maximum atomic E-state index is 6.19. The topological polar surface area (TPSA) is 38.2 Å². The van der Waals surface area contributed by atoms with Crippen molar-refractivity contribution in [2.75, 3.05) is 11.9 Å². The molecule has 0 amide bonds. The van der Waals surface area contributed by atoms with Crippen molar-refractivity contribution in [1.29, 1.82) is 0 Å². The van der Waals surface area contributed by atoms with E-state index in [0.29, 0.717) is 22.7 Å². The number of hydrogen-bond donors (Lipinski definition) is 0. The van der Waals surface area contributed by atoms with Crippen LogP contribution in [0.3, 0.4) is 0 Å². The average Bonchev–Trinajstić information content (AvgIpc) is 2.58. The molecule has 5 heteroatoms. The molecule has 0 saturated heterocycles. The van der Waals surface area contributed by atoms with E-state index in [-0.39, 0.29) is 0 Å². The van der Waals surface area contributed by atoms with E-state index < -0.39 is 0 Å². The summed E-state index contributed by atoms with van der Waals surface area (Å²) in [6.07, 6.45) is 7.92. The van der Waals surface area contributed by atoms with E-state index in [4.69, 9.17) is 16.3 Å². The zero-order valence-corrected chi connectivity index (χ0v) is 14.4. The molecule has 23 heavy (non-hydrogen) atoms. The van der Waals surface area contributed by atoms with Gasteiger partial charge >= 0.3 is 0 Å². The van der Waals surface area contributed by atoms with E-state index in [2.05, 4.69) is 21.9 Å². The fourth-order valence-electron chi connectivity index (χ4n) is 3.04. The summed E-state index contributed by atoms with van der Waals surface area (Å²) in [5, 5.41) is 0.580. The van der Waals surface area contributed by atoms with Crippen molar-refractivity contribution in [3.63, 3.8) is 0 Å². The van der Waals surface area contributed by atoms with Gasteiger partial charge in [0.1, 0.15) is 17.9 Å². The van der Waals surface area contributed by atoms with Gasteiger partial charge in [-0.1, -0.05) is 36.9 Å². The molecule has 0 radical (unpaired) electrons. The third-order valence-corrected chi connectivity index (χ3v) is 4.72. The van der Waals surface area contributed by atoms with Crippen molar-refractivity contribution in [2.45, 2.75) is 45.1 Å². The average molecular weight is 332 g/mol. The minimum Gasteiger partial charge on any atom is -0.437 e. The molecule has 0 aliphatic heterocycles. The number of aromatic nitrogens is 2. The van der Waals surface area contributed by atoms with Crippen molar-refractivity contribution in [3.8, 4) is 11.6 Å². The van der Waals surface area contributed by atoms with Crippen molar-refractivity contribution >= 4 is 17.4 Å². The summed E-state index contributed by atoms with van der Waals surface area (Å²) in [6, 6.07) is 8.14. The summed E-state index contributed by atoms with van der Waals surface area (Å²) in [6.45, 7) is 2.01. The summed E-state index contributed by atoms with van der Waals surface area (Å²) < 4.78 is 5.86. The fourth-order valence-corrected chi connectivity index (χ4v) is 3.19. The Balaban J connectivity index is 1.78. The van der Waals surface area contributed by atoms with Gasteiger partial charge in [0.25, 0.3) is 0 Å². The van der Waals surface area contributed by atoms with Gasteiger partial charge in [-0.2, -0.15) is 0 Å². The molecule has 0 atom stereocenters. The van der Waals surface area contributed by atoms with Gasteiger partial charge in [-0.15, -0.1) is 0 Å². The molecular weight excluding hydrogens is 310 g/mol. The first-order valence-electron chi connectivity index (χ1n) is 8.12. The fraction of sp³-hybridized carbons (Fsp3) is 0.444. The lowest BCUT2D eigenvalue weighted by atomic mass is 9.94. The summed E-state index contributed by atoms with van der Waals surface area (Å²) in [7, 11) is 2.10. The van der Waals surface area contributed by atoms with Crippen LogP contribution in [0.15, 0.2) is 30.6 Å². The van der Waals surface area contributed by atoms with Gasteiger partial charge < -0.3 is 9.64 Å². The smallest absolute Gasteiger partial charge is 0.224 e. The van der Waals surface area contributed by atoms with Gasteiger partial charge in [0.15, 0.2) is 0 Å². The molecule has 3 rings (SSSR count). The molecule has 1 aliphatic rings. The van der Waals surface area contributed by atoms with Crippen LogP contribution in [-0.2, 0) is 0 Å². The number of benzene rings is 1. The lowest BCUT2D eigenvalue weighted by molar-refractivity contribution is 0.424. The number of ether oxygens (including phenoxy) is 1. The molecule has 1 heterocycles. The molecule has 4 nitrogen and oxygen atoms in total. The second kappa shape index (κ2) is 7.18. The van der Waals surface area contributed by atoms with Gasteiger partial charge in [0.05, 0.1) is 5.02 Å². The number of rotatable bonds is 4. The third kappa shape index (κ3) is 3.94. The van der Waals surface area contributed by atoms with E-state index in [9.17, 15) is 0 Å².